The van der Waals surface area contributed by atoms with Crippen molar-refractivity contribution in [2.75, 3.05) is 38.7 Å². The fourth-order valence-corrected chi connectivity index (χ4v) is 2.39. The minimum atomic E-state index is -0.293. The summed E-state index contributed by atoms with van der Waals surface area (Å²) in [4.78, 5) is 12.5. The van der Waals surface area contributed by atoms with Crippen LogP contribution in [0.4, 0.5) is 5.69 Å². The van der Waals surface area contributed by atoms with Crippen LogP contribution in [0.3, 0.4) is 0 Å². The molecule has 1 aliphatic heterocycles. The fourth-order valence-electron chi connectivity index (χ4n) is 2.39. The molecule has 116 valence electrons. The molecule has 5 nitrogen and oxygen atoms in total. The third-order valence-corrected chi connectivity index (χ3v) is 3.90. The zero-order valence-corrected chi connectivity index (χ0v) is 12.8. The number of amides is 1. The molecule has 0 spiro atoms. The van der Waals surface area contributed by atoms with Gasteiger partial charge in [0, 0.05) is 24.3 Å². The van der Waals surface area contributed by atoms with Crippen molar-refractivity contribution >= 4 is 11.6 Å². The van der Waals surface area contributed by atoms with Crippen molar-refractivity contribution in [2.24, 2.45) is 5.41 Å². The number of benzene rings is 1. The topological polar surface area (TPSA) is 59.6 Å². The number of methoxy groups -OCH3 is 1. The second-order valence-electron chi connectivity index (χ2n) is 5.63. The van der Waals surface area contributed by atoms with Crippen molar-refractivity contribution in [1.29, 1.82) is 0 Å². The van der Waals surface area contributed by atoms with E-state index in [1.807, 2.05) is 31.2 Å². The van der Waals surface area contributed by atoms with E-state index >= 15 is 0 Å². The standard InChI is InChI=1S/C16H24N2O3/c1-16(6-8-17-9-7-16)15(19)18-13-4-3-5-14(12-13)21-11-10-20-2/h3-5,12,17H,6-11H2,1-2H3,(H,18,19). The minimum Gasteiger partial charge on any atom is -0.491 e. The quantitative estimate of drug-likeness (QED) is 0.788. The summed E-state index contributed by atoms with van der Waals surface area (Å²) in [6, 6.07) is 7.48. The van der Waals surface area contributed by atoms with Gasteiger partial charge >= 0.3 is 0 Å². The summed E-state index contributed by atoms with van der Waals surface area (Å²) in [5.74, 6) is 0.818. The van der Waals surface area contributed by atoms with Crippen LogP contribution >= 0.6 is 0 Å². The smallest absolute Gasteiger partial charge is 0.230 e. The molecule has 5 heteroatoms. The van der Waals surface area contributed by atoms with Crippen molar-refractivity contribution in [2.45, 2.75) is 19.8 Å². The molecule has 1 amide bonds. The Labute approximate surface area is 126 Å². The van der Waals surface area contributed by atoms with E-state index < -0.39 is 0 Å². The van der Waals surface area contributed by atoms with E-state index in [-0.39, 0.29) is 11.3 Å². The van der Waals surface area contributed by atoms with Crippen LogP contribution in [0.25, 0.3) is 0 Å². The number of carbonyl (C=O) groups is 1. The highest BCUT2D eigenvalue weighted by atomic mass is 16.5. The maximum atomic E-state index is 12.5. The third kappa shape index (κ3) is 4.44. The number of carbonyl (C=O) groups excluding carboxylic acids is 1. The van der Waals surface area contributed by atoms with Crippen molar-refractivity contribution in [3.8, 4) is 5.75 Å². The zero-order chi connectivity index (χ0) is 15.1. The van der Waals surface area contributed by atoms with Crippen LogP contribution in [0.1, 0.15) is 19.8 Å². The molecule has 0 unspecified atom stereocenters. The Kier molecular flexibility index (Phi) is 5.59. The van der Waals surface area contributed by atoms with Crippen molar-refractivity contribution in [1.82, 2.24) is 5.32 Å². The van der Waals surface area contributed by atoms with Crippen LogP contribution in [-0.4, -0.2) is 39.3 Å². The SMILES string of the molecule is COCCOc1cccc(NC(=O)C2(C)CCNCC2)c1. The molecule has 2 N–H and O–H groups in total. The number of hydrogen-bond donors (Lipinski definition) is 2. The first kappa shape index (κ1) is 15.8. The Morgan fingerprint density at radius 2 is 2.10 bits per heavy atom. The lowest BCUT2D eigenvalue weighted by atomic mass is 9.80. The number of nitrogens with one attached hydrogen (secondary N) is 2. The monoisotopic (exact) mass is 292 g/mol. The molecule has 1 heterocycles. The van der Waals surface area contributed by atoms with E-state index in [1.54, 1.807) is 7.11 Å². The second-order valence-corrected chi connectivity index (χ2v) is 5.63. The van der Waals surface area contributed by atoms with Crippen LogP contribution < -0.4 is 15.4 Å². The Balaban J connectivity index is 1.95. The van der Waals surface area contributed by atoms with Gasteiger partial charge in [0.15, 0.2) is 0 Å². The molecule has 0 bridgehead atoms. The summed E-state index contributed by atoms with van der Waals surface area (Å²) in [5.41, 5.74) is 0.479. The summed E-state index contributed by atoms with van der Waals surface area (Å²) in [7, 11) is 1.64. The maximum absolute atomic E-state index is 12.5. The normalized spacial score (nSPS) is 17.2. The maximum Gasteiger partial charge on any atom is 0.230 e. The van der Waals surface area contributed by atoms with Crippen LogP contribution in [0.2, 0.25) is 0 Å². The lowest BCUT2D eigenvalue weighted by molar-refractivity contribution is -0.126. The molecule has 0 aromatic heterocycles. The van der Waals surface area contributed by atoms with Gasteiger partial charge in [-0.05, 0) is 38.1 Å². The second kappa shape index (κ2) is 7.43. The summed E-state index contributed by atoms with van der Waals surface area (Å²) in [6.07, 6.45) is 1.73. The first-order valence-electron chi connectivity index (χ1n) is 7.38. The molecule has 0 saturated carbocycles. The fraction of sp³-hybridized carbons (Fsp3) is 0.562. The molecular weight excluding hydrogens is 268 g/mol. The number of rotatable bonds is 6. The van der Waals surface area contributed by atoms with Gasteiger partial charge in [-0.25, -0.2) is 0 Å². The van der Waals surface area contributed by atoms with Crippen molar-refractivity contribution < 1.29 is 14.3 Å². The Morgan fingerprint density at radius 1 is 1.33 bits per heavy atom. The highest BCUT2D eigenvalue weighted by Crippen LogP contribution is 2.30. The summed E-state index contributed by atoms with van der Waals surface area (Å²) in [5, 5.41) is 6.29. The average molecular weight is 292 g/mol. The molecule has 0 radical (unpaired) electrons. The Bertz CT molecular complexity index is 470. The lowest BCUT2D eigenvalue weighted by Gasteiger charge is -2.32. The lowest BCUT2D eigenvalue weighted by Crippen LogP contribution is -2.42. The summed E-state index contributed by atoms with van der Waals surface area (Å²) < 4.78 is 10.5. The molecule has 1 aromatic rings. The summed E-state index contributed by atoms with van der Waals surface area (Å²) in [6.45, 7) is 4.86. The average Bonchev–Trinajstić information content (AvgIpc) is 2.49. The van der Waals surface area contributed by atoms with Gasteiger partial charge in [-0.15, -0.1) is 0 Å². The predicted octanol–water partition coefficient (Wildman–Crippen LogP) is 2.04. The highest BCUT2D eigenvalue weighted by Gasteiger charge is 2.34. The Morgan fingerprint density at radius 3 is 2.81 bits per heavy atom. The number of hydrogen-bond acceptors (Lipinski definition) is 4. The van der Waals surface area contributed by atoms with Gasteiger partial charge in [0.2, 0.25) is 5.91 Å². The largest absolute Gasteiger partial charge is 0.491 e. The Hall–Kier alpha value is -1.59. The number of ether oxygens (including phenoxy) is 2. The minimum absolute atomic E-state index is 0.0815. The predicted molar refractivity (Wildman–Crippen MR) is 82.7 cm³/mol. The van der Waals surface area contributed by atoms with Crippen LogP contribution in [-0.2, 0) is 9.53 Å². The van der Waals surface area contributed by atoms with Gasteiger partial charge in [-0.3, -0.25) is 4.79 Å². The van der Waals surface area contributed by atoms with Gasteiger partial charge < -0.3 is 20.1 Å². The number of piperidine rings is 1. The van der Waals surface area contributed by atoms with E-state index in [0.29, 0.717) is 13.2 Å². The molecule has 2 rings (SSSR count). The van der Waals surface area contributed by atoms with Gasteiger partial charge in [0.25, 0.3) is 0 Å². The molecule has 1 aromatic carbocycles. The third-order valence-electron chi connectivity index (χ3n) is 3.90. The van der Waals surface area contributed by atoms with Crippen molar-refractivity contribution in [3.05, 3.63) is 24.3 Å². The van der Waals surface area contributed by atoms with E-state index in [4.69, 9.17) is 9.47 Å². The van der Waals surface area contributed by atoms with Crippen LogP contribution in [0.15, 0.2) is 24.3 Å². The first-order chi connectivity index (χ1) is 10.1. The van der Waals surface area contributed by atoms with Crippen LogP contribution in [0, 0.1) is 5.41 Å². The molecule has 1 saturated heterocycles. The molecule has 0 atom stereocenters. The van der Waals surface area contributed by atoms with Gasteiger partial charge in [0.1, 0.15) is 12.4 Å². The van der Waals surface area contributed by atoms with Gasteiger partial charge in [0.05, 0.1) is 6.61 Å². The van der Waals surface area contributed by atoms with E-state index in [1.165, 1.54) is 0 Å². The molecular formula is C16H24N2O3. The molecule has 21 heavy (non-hydrogen) atoms. The zero-order valence-electron chi connectivity index (χ0n) is 12.8. The number of anilines is 1. The van der Waals surface area contributed by atoms with Crippen molar-refractivity contribution in [3.63, 3.8) is 0 Å². The summed E-state index contributed by atoms with van der Waals surface area (Å²) >= 11 is 0. The highest BCUT2D eigenvalue weighted by molar-refractivity contribution is 5.95. The van der Waals surface area contributed by atoms with Gasteiger partial charge in [-0.1, -0.05) is 13.0 Å². The molecule has 1 aliphatic rings. The first-order valence-corrected chi connectivity index (χ1v) is 7.38. The van der Waals surface area contributed by atoms with E-state index in [9.17, 15) is 4.79 Å². The van der Waals surface area contributed by atoms with Crippen LogP contribution in [0.5, 0.6) is 5.75 Å². The van der Waals surface area contributed by atoms with E-state index in [0.717, 1.165) is 37.4 Å². The van der Waals surface area contributed by atoms with E-state index in [2.05, 4.69) is 10.6 Å². The molecule has 1 fully saturated rings. The molecule has 0 aliphatic carbocycles. The van der Waals surface area contributed by atoms with Gasteiger partial charge in [-0.2, -0.15) is 0 Å².